The Hall–Kier alpha value is -5.29. The summed E-state index contributed by atoms with van der Waals surface area (Å²) in [5.74, 6) is 0.685. The Morgan fingerprint density at radius 1 is 0.625 bits per heavy atom. The molecule has 0 fully saturated rings. The smallest absolute Gasteiger partial charge is 0.251 e. The Kier molecular flexibility index (Phi) is 5.04. The predicted molar refractivity (Wildman–Crippen MR) is 160 cm³/mol. The summed E-state index contributed by atoms with van der Waals surface area (Å²) >= 11 is 0. The second kappa shape index (κ2) is 8.89. The maximum atomic E-state index is 13.5. The lowest BCUT2D eigenvalue weighted by atomic mass is 9.93. The van der Waals surface area contributed by atoms with Crippen molar-refractivity contribution in [3.8, 4) is 28.0 Å². The van der Waals surface area contributed by atoms with Crippen molar-refractivity contribution in [2.24, 2.45) is 0 Å². The van der Waals surface area contributed by atoms with Gasteiger partial charge in [-0.15, -0.1) is 0 Å². The maximum absolute atomic E-state index is 13.5. The third kappa shape index (κ3) is 3.59. The average Bonchev–Trinajstić information content (AvgIpc) is 2.99. The van der Waals surface area contributed by atoms with E-state index in [1.54, 1.807) is 10.6 Å². The number of aromatic nitrogens is 3. The zero-order valence-electron chi connectivity index (χ0n) is 21.5. The van der Waals surface area contributed by atoms with E-state index in [4.69, 9.17) is 14.7 Å². The normalized spacial score (nSPS) is 12.6. The number of nitrogens with zero attached hydrogens (tertiary/aromatic N) is 3. The number of benzene rings is 5. The van der Waals surface area contributed by atoms with Crippen molar-refractivity contribution in [3.05, 3.63) is 137 Å². The number of ether oxygens (including phenoxy) is 1. The van der Waals surface area contributed by atoms with Crippen LogP contribution in [0.15, 0.2) is 120 Å². The highest BCUT2D eigenvalue weighted by Crippen LogP contribution is 2.43. The fraction of sp³-hybridized carbons (Fsp3) is 0.0571. The molecule has 8 rings (SSSR count). The molecule has 0 saturated heterocycles. The molecule has 0 radical (unpaired) electrons. The molecule has 40 heavy (non-hydrogen) atoms. The van der Waals surface area contributed by atoms with Gasteiger partial charge >= 0.3 is 0 Å². The standard InChI is InChI=1S/C35H23N3O2/c39-33-16-15-26-27(22-9-3-1-4-10-22)19-28(23-11-5-2-6-12-23)35-34(26)38(33)20-31-32(21-40-35)37-30-18-25-14-8-7-13-24(25)17-29(30)36-31/h1-19H,20-21H2. The quantitative estimate of drug-likeness (QED) is 0.225. The molecule has 2 aromatic heterocycles. The summed E-state index contributed by atoms with van der Waals surface area (Å²) in [6.07, 6.45) is 0. The molecule has 5 nitrogen and oxygen atoms in total. The van der Waals surface area contributed by atoms with Crippen LogP contribution >= 0.6 is 0 Å². The largest absolute Gasteiger partial charge is 0.484 e. The van der Waals surface area contributed by atoms with Crippen LogP contribution in [-0.2, 0) is 13.2 Å². The van der Waals surface area contributed by atoms with Crippen LogP contribution in [0, 0.1) is 0 Å². The van der Waals surface area contributed by atoms with E-state index in [2.05, 4.69) is 54.6 Å². The minimum atomic E-state index is -0.102. The molecule has 3 heterocycles. The molecule has 7 aromatic rings. The molecule has 0 unspecified atom stereocenters. The average molecular weight is 518 g/mol. The van der Waals surface area contributed by atoms with Crippen LogP contribution in [0.5, 0.6) is 5.75 Å². The first kappa shape index (κ1) is 22.7. The molecule has 0 atom stereocenters. The molecule has 0 N–H and O–H groups in total. The van der Waals surface area contributed by atoms with Crippen molar-refractivity contribution < 1.29 is 4.74 Å². The fourth-order valence-corrected chi connectivity index (χ4v) is 5.80. The molecule has 0 saturated carbocycles. The molecule has 0 spiro atoms. The molecule has 5 heteroatoms. The van der Waals surface area contributed by atoms with Gasteiger partial charge in [0, 0.05) is 17.0 Å². The lowest BCUT2D eigenvalue weighted by Gasteiger charge is -2.24. The Morgan fingerprint density at radius 3 is 1.90 bits per heavy atom. The van der Waals surface area contributed by atoms with Gasteiger partial charge in [-0.3, -0.25) is 9.36 Å². The van der Waals surface area contributed by atoms with E-state index in [-0.39, 0.29) is 12.2 Å². The lowest BCUT2D eigenvalue weighted by Crippen LogP contribution is -2.24. The summed E-state index contributed by atoms with van der Waals surface area (Å²) in [4.78, 5) is 23.5. The summed E-state index contributed by atoms with van der Waals surface area (Å²) in [6, 6.07) is 38.6. The lowest BCUT2D eigenvalue weighted by molar-refractivity contribution is 0.300. The molecular formula is C35H23N3O2. The van der Waals surface area contributed by atoms with E-state index >= 15 is 0 Å². The number of rotatable bonds is 2. The molecule has 0 amide bonds. The predicted octanol–water partition coefficient (Wildman–Crippen LogP) is 7.37. The monoisotopic (exact) mass is 517 g/mol. The van der Waals surface area contributed by atoms with Crippen LogP contribution in [0.4, 0.5) is 0 Å². The summed E-state index contributed by atoms with van der Waals surface area (Å²) in [5, 5.41) is 3.18. The molecule has 0 bridgehead atoms. The van der Waals surface area contributed by atoms with Crippen LogP contribution in [0.2, 0.25) is 0 Å². The van der Waals surface area contributed by atoms with Gasteiger partial charge in [0.15, 0.2) is 5.75 Å². The third-order valence-corrected chi connectivity index (χ3v) is 7.74. The van der Waals surface area contributed by atoms with Gasteiger partial charge in [-0.1, -0.05) is 84.9 Å². The highest BCUT2D eigenvalue weighted by atomic mass is 16.5. The van der Waals surface area contributed by atoms with Crippen LogP contribution in [0.3, 0.4) is 0 Å². The van der Waals surface area contributed by atoms with Gasteiger partial charge in [0.2, 0.25) is 0 Å². The van der Waals surface area contributed by atoms with Crippen molar-refractivity contribution >= 4 is 32.7 Å². The second-order valence-corrected chi connectivity index (χ2v) is 10.1. The summed E-state index contributed by atoms with van der Waals surface area (Å²) in [6.45, 7) is 0.567. The van der Waals surface area contributed by atoms with Crippen molar-refractivity contribution in [1.29, 1.82) is 0 Å². The molecule has 1 aliphatic heterocycles. The van der Waals surface area contributed by atoms with E-state index in [9.17, 15) is 4.79 Å². The van der Waals surface area contributed by atoms with Crippen LogP contribution in [0.1, 0.15) is 11.4 Å². The first-order chi connectivity index (χ1) is 19.7. The summed E-state index contributed by atoms with van der Waals surface area (Å²) in [5.41, 5.74) is 7.87. The minimum Gasteiger partial charge on any atom is -0.484 e. The fourth-order valence-electron chi connectivity index (χ4n) is 5.80. The maximum Gasteiger partial charge on any atom is 0.251 e. The van der Waals surface area contributed by atoms with E-state index < -0.39 is 0 Å². The third-order valence-electron chi connectivity index (χ3n) is 7.74. The van der Waals surface area contributed by atoms with Crippen molar-refractivity contribution in [1.82, 2.24) is 14.5 Å². The van der Waals surface area contributed by atoms with Gasteiger partial charge in [-0.05, 0) is 51.7 Å². The van der Waals surface area contributed by atoms with Gasteiger partial charge in [0.1, 0.15) is 12.3 Å². The minimum absolute atomic E-state index is 0.102. The van der Waals surface area contributed by atoms with Gasteiger partial charge < -0.3 is 4.74 Å². The molecule has 0 aliphatic carbocycles. The summed E-state index contributed by atoms with van der Waals surface area (Å²) < 4.78 is 8.43. The van der Waals surface area contributed by atoms with Crippen LogP contribution < -0.4 is 10.3 Å². The van der Waals surface area contributed by atoms with E-state index in [1.807, 2.05) is 54.6 Å². The number of hydrogen-bond donors (Lipinski definition) is 0. The van der Waals surface area contributed by atoms with Crippen molar-refractivity contribution in [2.75, 3.05) is 0 Å². The van der Waals surface area contributed by atoms with Gasteiger partial charge in [0.25, 0.3) is 5.56 Å². The van der Waals surface area contributed by atoms with E-state index in [0.29, 0.717) is 12.3 Å². The number of pyridine rings is 1. The second-order valence-electron chi connectivity index (χ2n) is 10.1. The van der Waals surface area contributed by atoms with Gasteiger partial charge in [0.05, 0.1) is 28.8 Å². The highest BCUT2D eigenvalue weighted by Gasteiger charge is 2.24. The SMILES string of the molecule is O=c1ccc2c(-c3ccccc3)cc(-c3ccccc3)c3c2n1Cc1nc2cc4ccccc4cc2nc1CO3. The molecule has 1 aliphatic rings. The Morgan fingerprint density at radius 2 is 1.23 bits per heavy atom. The first-order valence-corrected chi connectivity index (χ1v) is 13.4. The van der Waals surface area contributed by atoms with Crippen LogP contribution in [0.25, 0.3) is 55.0 Å². The molecule has 5 aromatic carbocycles. The van der Waals surface area contributed by atoms with Gasteiger partial charge in [-0.2, -0.15) is 0 Å². The molecule has 190 valence electrons. The Bertz CT molecular complexity index is 2150. The van der Waals surface area contributed by atoms with E-state index in [1.165, 1.54) is 0 Å². The highest BCUT2D eigenvalue weighted by molar-refractivity contribution is 6.03. The van der Waals surface area contributed by atoms with Crippen LogP contribution in [-0.4, -0.2) is 14.5 Å². The number of fused-ring (bicyclic) bond motifs is 3. The first-order valence-electron chi connectivity index (χ1n) is 13.4. The Labute approximate surface area is 230 Å². The zero-order valence-corrected chi connectivity index (χ0v) is 21.5. The summed E-state index contributed by atoms with van der Waals surface area (Å²) in [7, 11) is 0. The Balaban J connectivity index is 1.43. The topological polar surface area (TPSA) is 57.0 Å². The molecular weight excluding hydrogens is 494 g/mol. The zero-order chi connectivity index (χ0) is 26.6. The van der Waals surface area contributed by atoms with Gasteiger partial charge in [-0.25, -0.2) is 9.97 Å². The number of hydrogen-bond acceptors (Lipinski definition) is 4. The van der Waals surface area contributed by atoms with Crippen molar-refractivity contribution in [3.63, 3.8) is 0 Å². The van der Waals surface area contributed by atoms with Crippen molar-refractivity contribution in [2.45, 2.75) is 13.2 Å². The van der Waals surface area contributed by atoms with E-state index in [0.717, 1.165) is 66.4 Å².